The van der Waals surface area contributed by atoms with Crippen LogP contribution in [0.1, 0.15) is 5.56 Å². The van der Waals surface area contributed by atoms with Gasteiger partial charge in [0.25, 0.3) is 0 Å². The van der Waals surface area contributed by atoms with Gasteiger partial charge >= 0.3 is 0 Å². The maximum absolute atomic E-state index is 5.72. The van der Waals surface area contributed by atoms with Gasteiger partial charge in [0.05, 0.1) is 21.3 Å². The van der Waals surface area contributed by atoms with Gasteiger partial charge < -0.3 is 14.2 Å². The minimum Gasteiger partial charge on any atom is -0.496 e. The molecule has 0 spiro atoms. The third kappa shape index (κ3) is 1.86. The van der Waals surface area contributed by atoms with Crippen LogP contribution < -0.4 is 14.2 Å². The van der Waals surface area contributed by atoms with E-state index in [9.17, 15) is 0 Å². The number of ether oxygens (including phenoxy) is 3. The summed E-state index contributed by atoms with van der Waals surface area (Å²) < 4.78 is 15.1. The van der Waals surface area contributed by atoms with Gasteiger partial charge in [-0.2, -0.15) is 0 Å². The standard InChI is InChI=1S/C10H12O3/c1-7-9(12-3)5-8(11-2)6-10(7)13-4/h1,5-6H,2-4H3. The van der Waals surface area contributed by atoms with E-state index in [0.717, 1.165) is 0 Å². The predicted octanol–water partition coefficient (Wildman–Crippen LogP) is 1.77. The van der Waals surface area contributed by atoms with Crippen LogP contribution in [0.15, 0.2) is 12.1 Å². The maximum Gasteiger partial charge on any atom is 0.129 e. The predicted molar refractivity (Wildman–Crippen MR) is 49.5 cm³/mol. The highest BCUT2D eigenvalue weighted by Crippen LogP contribution is 2.32. The summed E-state index contributed by atoms with van der Waals surface area (Å²) in [6.45, 7) is 5.72. The van der Waals surface area contributed by atoms with Crippen LogP contribution in [0, 0.1) is 6.92 Å². The summed E-state index contributed by atoms with van der Waals surface area (Å²) in [4.78, 5) is 0. The number of benzene rings is 1. The topological polar surface area (TPSA) is 27.7 Å². The molecule has 0 saturated heterocycles. The molecular formula is C10H12O3. The minimum absolute atomic E-state index is 0.478. The van der Waals surface area contributed by atoms with Crippen LogP contribution >= 0.6 is 0 Å². The summed E-state index contributed by atoms with van der Waals surface area (Å²) >= 11 is 0. The molecule has 0 aliphatic rings. The van der Waals surface area contributed by atoms with E-state index in [1.165, 1.54) is 0 Å². The molecule has 0 aliphatic heterocycles. The molecule has 0 heterocycles. The smallest absolute Gasteiger partial charge is 0.129 e. The quantitative estimate of drug-likeness (QED) is 0.709. The number of hydrogen-bond donors (Lipinski definition) is 0. The second kappa shape index (κ2) is 4.03. The average molecular weight is 180 g/mol. The molecule has 3 nitrogen and oxygen atoms in total. The van der Waals surface area contributed by atoms with Crippen molar-refractivity contribution in [1.82, 2.24) is 0 Å². The van der Waals surface area contributed by atoms with Gasteiger partial charge in [0.15, 0.2) is 0 Å². The maximum atomic E-state index is 5.72. The van der Waals surface area contributed by atoms with Crippen molar-refractivity contribution in [3.63, 3.8) is 0 Å². The molecule has 1 aromatic rings. The van der Waals surface area contributed by atoms with Gasteiger partial charge in [-0.15, -0.1) is 0 Å². The minimum atomic E-state index is 0.478. The highest BCUT2D eigenvalue weighted by molar-refractivity contribution is 5.52. The van der Waals surface area contributed by atoms with Gasteiger partial charge in [-0.3, -0.25) is 0 Å². The van der Waals surface area contributed by atoms with E-state index < -0.39 is 0 Å². The van der Waals surface area contributed by atoms with Gasteiger partial charge in [-0.05, 0) is 0 Å². The zero-order valence-corrected chi connectivity index (χ0v) is 7.96. The molecule has 0 bridgehead atoms. The molecule has 0 N–H and O–H groups in total. The van der Waals surface area contributed by atoms with Crippen molar-refractivity contribution in [2.75, 3.05) is 21.3 Å². The van der Waals surface area contributed by atoms with Crippen molar-refractivity contribution < 1.29 is 14.2 Å². The molecule has 3 heteroatoms. The Morgan fingerprint density at radius 2 is 1.38 bits per heavy atom. The third-order valence-corrected chi connectivity index (χ3v) is 1.75. The molecule has 0 fully saturated rings. The Bertz CT molecular complexity index is 269. The number of hydrogen-bond acceptors (Lipinski definition) is 3. The van der Waals surface area contributed by atoms with E-state index in [1.807, 2.05) is 0 Å². The van der Waals surface area contributed by atoms with E-state index in [0.29, 0.717) is 22.8 Å². The lowest BCUT2D eigenvalue weighted by molar-refractivity contribution is 0.373. The van der Waals surface area contributed by atoms with E-state index in [1.54, 1.807) is 33.5 Å². The Kier molecular flexibility index (Phi) is 3.01. The molecule has 0 unspecified atom stereocenters. The molecule has 0 aromatic heterocycles. The average Bonchev–Trinajstić information content (AvgIpc) is 2.18. The highest BCUT2D eigenvalue weighted by Gasteiger charge is 2.08. The van der Waals surface area contributed by atoms with Crippen molar-refractivity contribution in [2.24, 2.45) is 0 Å². The molecule has 0 amide bonds. The van der Waals surface area contributed by atoms with Crippen molar-refractivity contribution in [2.45, 2.75) is 0 Å². The third-order valence-electron chi connectivity index (χ3n) is 1.75. The van der Waals surface area contributed by atoms with Crippen LogP contribution in [0.2, 0.25) is 0 Å². The fourth-order valence-corrected chi connectivity index (χ4v) is 1.03. The molecule has 0 atom stereocenters. The summed E-state index contributed by atoms with van der Waals surface area (Å²) in [6, 6.07) is 3.41. The second-order valence-electron chi connectivity index (χ2n) is 2.45. The monoisotopic (exact) mass is 180 g/mol. The highest BCUT2D eigenvalue weighted by atomic mass is 16.5. The van der Waals surface area contributed by atoms with Crippen LogP contribution in [0.3, 0.4) is 0 Å². The largest absolute Gasteiger partial charge is 0.496 e. The first kappa shape index (κ1) is 9.71. The van der Waals surface area contributed by atoms with Gasteiger partial charge in [0.2, 0.25) is 0 Å². The zero-order chi connectivity index (χ0) is 9.84. The van der Waals surface area contributed by atoms with Gasteiger partial charge in [0.1, 0.15) is 17.2 Å². The zero-order valence-electron chi connectivity index (χ0n) is 7.96. The van der Waals surface area contributed by atoms with Crippen molar-refractivity contribution in [3.8, 4) is 17.2 Å². The van der Waals surface area contributed by atoms with Crippen LogP contribution in [0.4, 0.5) is 0 Å². The van der Waals surface area contributed by atoms with Crippen molar-refractivity contribution >= 4 is 0 Å². The van der Waals surface area contributed by atoms with E-state index in [2.05, 4.69) is 0 Å². The van der Waals surface area contributed by atoms with Gasteiger partial charge in [-0.25, -0.2) is 0 Å². The van der Waals surface area contributed by atoms with Crippen LogP contribution in [-0.2, 0) is 0 Å². The molecule has 2 radical (unpaired) electrons. The summed E-state index contributed by atoms with van der Waals surface area (Å²) in [5.74, 6) is 1.76. The van der Waals surface area contributed by atoms with E-state index in [-0.39, 0.29) is 0 Å². The Labute approximate surface area is 78.2 Å². The van der Waals surface area contributed by atoms with E-state index in [4.69, 9.17) is 21.1 Å². The lowest BCUT2D eigenvalue weighted by Gasteiger charge is -2.11. The first-order valence-electron chi connectivity index (χ1n) is 3.78. The molecule has 1 rings (SSSR count). The molecular weight excluding hydrogens is 168 g/mol. The molecule has 70 valence electrons. The summed E-state index contributed by atoms with van der Waals surface area (Å²) in [7, 11) is 4.67. The van der Waals surface area contributed by atoms with E-state index >= 15 is 0 Å². The van der Waals surface area contributed by atoms with Crippen LogP contribution in [0.25, 0.3) is 0 Å². The fraction of sp³-hybridized carbons (Fsp3) is 0.300. The number of rotatable bonds is 3. The molecule has 1 aromatic carbocycles. The lowest BCUT2D eigenvalue weighted by atomic mass is 10.2. The Balaban J connectivity index is 3.20. The SMILES string of the molecule is [CH]c1c(OC)cc(OC)cc1OC. The molecule has 0 aliphatic carbocycles. The summed E-state index contributed by atoms with van der Waals surface area (Å²) in [5.41, 5.74) is 0.478. The Hall–Kier alpha value is -1.38. The van der Waals surface area contributed by atoms with Crippen molar-refractivity contribution in [3.05, 3.63) is 24.6 Å². The fourth-order valence-electron chi connectivity index (χ4n) is 1.03. The Morgan fingerprint density at radius 3 is 1.69 bits per heavy atom. The normalized spacial score (nSPS) is 9.54. The van der Waals surface area contributed by atoms with Gasteiger partial charge in [0, 0.05) is 24.6 Å². The van der Waals surface area contributed by atoms with Gasteiger partial charge in [-0.1, -0.05) is 0 Å². The molecule has 13 heavy (non-hydrogen) atoms. The van der Waals surface area contributed by atoms with Crippen molar-refractivity contribution in [1.29, 1.82) is 0 Å². The second-order valence-corrected chi connectivity index (χ2v) is 2.45. The molecule has 0 saturated carbocycles. The summed E-state index contributed by atoms with van der Waals surface area (Å²) in [6.07, 6.45) is 0. The Morgan fingerprint density at radius 1 is 0.923 bits per heavy atom. The van der Waals surface area contributed by atoms with Crippen LogP contribution in [0.5, 0.6) is 17.2 Å². The number of methoxy groups -OCH3 is 3. The first-order valence-corrected chi connectivity index (χ1v) is 3.78. The first-order chi connectivity index (χ1) is 6.22. The van der Waals surface area contributed by atoms with Crippen LogP contribution in [-0.4, -0.2) is 21.3 Å². The lowest BCUT2D eigenvalue weighted by Crippen LogP contribution is -1.94. The summed E-state index contributed by atoms with van der Waals surface area (Å²) in [5, 5.41) is 0.